The zero-order chi connectivity index (χ0) is 20.4. The monoisotopic (exact) mass is 415 g/mol. The molecule has 0 saturated heterocycles. The van der Waals surface area contributed by atoms with E-state index in [9.17, 15) is 4.79 Å². The number of nitrogens with zero attached hydrogens (tertiary/aromatic N) is 2. The van der Waals surface area contributed by atoms with Crippen molar-refractivity contribution in [1.82, 2.24) is 14.9 Å². The zero-order valence-electron chi connectivity index (χ0n) is 17.3. The van der Waals surface area contributed by atoms with Crippen LogP contribution in [0.2, 0.25) is 5.02 Å². The van der Waals surface area contributed by atoms with Crippen molar-refractivity contribution in [3.63, 3.8) is 0 Å². The van der Waals surface area contributed by atoms with Crippen LogP contribution in [-0.2, 0) is 6.54 Å². The van der Waals surface area contributed by atoms with Gasteiger partial charge in [0.15, 0.2) is 0 Å². The Bertz CT molecular complexity index is 880. The van der Waals surface area contributed by atoms with Gasteiger partial charge in [0.2, 0.25) is 0 Å². The molecule has 2 aliphatic rings. The van der Waals surface area contributed by atoms with Gasteiger partial charge >= 0.3 is 0 Å². The van der Waals surface area contributed by atoms with Gasteiger partial charge < -0.3 is 14.6 Å². The molecule has 0 radical (unpaired) electrons. The number of hydrogen-bond donors (Lipinski definition) is 1. The predicted molar refractivity (Wildman–Crippen MR) is 116 cm³/mol. The second-order valence-corrected chi connectivity index (χ2v) is 8.87. The van der Waals surface area contributed by atoms with E-state index in [4.69, 9.17) is 21.3 Å². The average molecular weight is 416 g/mol. The van der Waals surface area contributed by atoms with Gasteiger partial charge in [0, 0.05) is 23.3 Å². The number of nitrogens with one attached hydrogen (secondary N) is 1. The van der Waals surface area contributed by atoms with Crippen LogP contribution in [0.4, 0.5) is 0 Å². The Hall–Kier alpha value is -2.01. The SMILES string of the molecule is COc1ccc(Cl)cc1-c1nc(C(=O)NC2CC2)c(C)n1CC1CCCCCC1. The molecule has 0 atom stereocenters. The van der Waals surface area contributed by atoms with E-state index in [0.717, 1.165) is 42.2 Å². The Morgan fingerprint density at radius 2 is 1.93 bits per heavy atom. The van der Waals surface area contributed by atoms with E-state index in [1.54, 1.807) is 7.11 Å². The summed E-state index contributed by atoms with van der Waals surface area (Å²) in [5, 5.41) is 3.72. The van der Waals surface area contributed by atoms with Crippen LogP contribution in [0, 0.1) is 12.8 Å². The number of amides is 1. The lowest BCUT2D eigenvalue weighted by molar-refractivity contribution is 0.0945. The Balaban J connectivity index is 1.75. The first-order valence-corrected chi connectivity index (χ1v) is 11.2. The lowest BCUT2D eigenvalue weighted by Crippen LogP contribution is -2.26. The summed E-state index contributed by atoms with van der Waals surface area (Å²) in [6, 6.07) is 5.87. The molecule has 1 aromatic carbocycles. The number of benzene rings is 1. The second-order valence-electron chi connectivity index (χ2n) is 8.43. The Labute approximate surface area is 177 Å². The third kappa shape index (κ3) is 4.61. The molecule has 2 fully saturated rings. The molecule has 29 heavy (non-hydrogen) atoms. The summed E-state index contributed by atoms with van der Waals surface area (Å²) in [4.78, 5) is 17.6. The Kier molecular flexibility index (Phi) is 6.14. The number of halogens is 1. The van der Waals surface area contributed by atoms with Crippen LogP contribution >= 0.6 is 11.6 Å². The molecule has 0 unspecified atom stereocenters. The molecule has 2 saturated carbocycles. The van der Waals surface area contributed by atoms with Gasteiger partial charge in [-0.05, 0) is 56.7 Å². The van der Waals surface area contributed by atoms with Crippen molar-refractivity contribution >= 4 is 17.5 Å². The van der Waals surface area contributed by atoms with Gasteiger partial charge in [0.1, 0.15) is 17.3 Å². The highest BCUT2D eigenvalue weighted by molar-refractivity contribution is 6.30. The fourth-order valence-corrected chi connectivity index (χ4v) is 4.49. The van der Waals surface area contributed by atoms with E-state index in [2.05, 4.69) is 9.88 Å². The van der Waals surface area contributed by atoms with Crippen molar-refractivity contribution in [3.8, 4) is 17.1 Å². The molecule has 1 heterocycles. The van der Waals surface area contributed by atoms with Gasteiger partial charge in [0.05, 0.1) is 12.7 Å². The van der Waals surface area contributed by atoms with Crippen molar-refractivity contribution in [2.24, 2.45) is 5.92 Å². The molecule has 1 amide bonds. The highest BCUT2D eigenvalue weighted by Crippen LogP contribution is 2.35. The van der Waals surface area contributed by atoms with Crippen LogP contribution in [-0.4, -0.2) is 28.6 Å². The lowest BCUT2D eigenvalue weighted by Gasteiger charge is -2.19. The molecule has 4 rings (SSSR count). The molecule has 1 N–H and O–H groups in total. The average Bonchev–Trinajstić information content (AvgIpc) is 3.50. The minimum Gasteiger partial charge on any atom is -0.496 e. The molecule has 0 spiro atoms. The molecule has 2 aromatic rings. The van der Waals surface area contributed by atoms with Crippen LogP contribution in [0.25, 0.3) is 11.4 Å². The van der Waals surface area contributed by atoms with Crippen LogP contribution in [0.5, 0.6) is 5.75 Å². The number of carbonyl (C=O) groups is 1. The van der Waals surface area contributed by atoms with E-state index in [1.807, 2.05) is 25.1 Å². The molecule has 5 nitrogen and oxygen atoms in total. The van der Waals surface area contributed by atoms with Crippen molar-refractivity contribution in [1.29, 1.82) is 0 Å². The van der Waals surface area contributed by atoms with Gasteiger partial charge in [0.25, 0.3) is 5.91 Å². The summed E-state index contributed by atoms with van der Waals surface area (Å²) >= 11 is 6.30. The molecule has 0 aliphatic heterocycles. The number of rotatable bonds is 6. The third-order valence-electron chi connectivity index (χ3n) is 6.17. The maximum Gasteiger partial charge on any atom is 0.271 e. The molecule has 1 aromatic heterocycles. The fourth-order valence-electron chi connectivity index (χ4n) is 4.32. The molecule has 156 valence electrons. The number of imidazole rings is 1. The van der Waals surface area contributed by atoms with Crippen LogP contribution < -0.4 is 10.1 Å². The quantitative estimate of drug-likeness (QED) is 0.644. The number of hydrogen-bond acceptors (Lipinski definition) is 3. The van der Waals surface area contributed by atoms with E-state index in [-0.39, 0.29) is 5.91 Å². The minimum atomic E-state index is -0.0770. The first-order chi connectivity index (χ1) is 14.1. The van der Waals surface area contributed by atoms with E-state index < -0.39 is 0 Å². The summed E-state index contributed by atoms with van der Waals surface area (Å²) in [5.41, 5.74) is 2.27. The standard InChI is InChI=1S/C23H30ClN3O2/c1-15-21(23(28)25-18-10-11-18)26-22(19-13-17(24)9-12-20(19)29-2)27(15)14-16-7-5-3-4-6-8-16/h9,12-13,16,18H,3-8,10-11,14H2,1-2H3,(H,25,28). The smallest absolute Gasteiger partial charge is 0.271 e. The van der Waals surface area contributed by atoms with Crippen LogP contribution in [0.1, 0.15) is 67.5 Å². The number of methoxy groups -OCH3 is 1. The summed E-state index contributed by atoms with van der Waals surface area (Å²) in [6.45, 7) is 2.88. The number of carbonyl (C=O) groups excluding carboxylic acids is 1. The third-order valence-corrected chi connectivity index (χ3v) is 6.40. The maximum absolute atomic E-state index is 12.8. The Morgan fingerprint density at radius 3 is 2.59 bits per heavy atom. The zero-order valence-corrected chi connectivity index (χ0v) is 18.1. The van der Waals surface area contributed by atoms with Crippen molar-refractivity contribution in [3.05, 3.63) is 34.6 Å². The van der Waals surface area contributed by atoms with E-state index in [0.29, 0.717) is 22.7 Å². The fraction of sp³-hybridized carbons (Fsp3) is 0.565. The minimum absolute atomic E-state index is 0.0770. The summed E-state index contributed by atoms with van der Waals surface area (Å²) in [7, 11) is 1.65. The van der Waals surface area contributed by atoms with E-state index in [1.165, 1.54) is 38.5 Å². The van der Waals surface area contributed by atoms with Crippen molar-refractivity contribution in [2.45, 2.75) is 70.9 Å². The predicted octanol–water partition coefficient (Wildman–Crippen LogP) is 5.38. The Morgan fingerprint density at radius 1 is 1.21 bits per heavy atom. The second kappa shape index (κ2) is 8.78. The molecule has 0 bridgehead atoms. The highest BCUT2D eigenvalue weighted by Gasteiger charge is 2.29. The maximum atomic E-state index is 12.8. The first-order valence-electron chi connectivity index (χ1n) is 10.8. The molecular formula is C23H30ClN3O2. The van der Waals surface area contributed by atoms with Gasteiger partial charge in [-0.3, -0.25) is 4.79 Å². The molecule has 6 heteroatoms. The largest absolute Gasteiger partial charge is 0.496 e. The first kappa shape index (κ1) is 20.3. The van der Waals surface area contributed by atoms with Gasteiger partial charge in [-0.2, -0.15) is 0 Å². The van der Waals surface area contributed by atoms with Gasteiger partial charge in [-0.25, -0.2) is 4.98 Å². The highest BCUT2D eigenvalue weighted by atomic mass is 35.5. The molecule has 2 aliphatic carbocycles. The summed E-state index contributed by atoms with van der Waals surface area (Å²) in [6.07, 6.45) is 9.78. The molecular weight excluding hydrogens is 386 g/mol. The van der Waals surface area contributed by atoms with E-state index >= 15 is 0 Å². The van der Waals surface area contributed by atoms with Crippen molar-refractivity contribution in [2.75, 3.05) is 7.11 Å². The van der Waals surface area contributed by atoms with Crippen LogP contribution in [0.15, 0.2) is 18.2 Å². The summed E-state index contributed by atoms with van der Waals surface area (Å²) < 4.78 is 7.81. The summed E-state index contributed by atoms with van der Waals surface area (Å²) in [5.74, 6) is 2.02. The van der Waals surface area contributed by atoms with Crippen molar-refractivity contribution < 1.29 is 9.53 Å². The lowest BCUT2D eigenvalue weighted by atomic mass is 10.00. The van der Waals surface area contributed by atoms with Crippen LogP contribution in [0.3, 0.4) is 0 Å². The normalized spacial score (nSPS) is 17.8. The number of ether oxygens (including phenoxy) is 1. The topological polar surface area (TPSA) is 56.1 Å². The van der Waals surface area contributed by atoms with Gasteiger partial charge in [-0.1, -0.05) is 37.3 Å². The van der Waals surface area contributed by atoms with Gasteiger partial charge in [-0.15, -0.1) is 0 Å². The number of aromatic nitrogens is 2.